The van der Waals surface area contributed by atoms with Crippen molar-refractivity contribution in [3.05, 3.63) is 53.1 Å². The van der Waals surface area contributed by atoms with E-state index in [1.54, 1.807) is 12.1 Å². The van der Waals surface area contributed by atoms with Crippen molar-refractivity contribution in [3.63, 3.8) is 0 Å². The summed E-state index contributed by atoms with van der Waals surface area (Å²) in [5.74, 6) is 0.804. The molecule has 0 aliphatic heterocycles. The van der Waals surface area contributed by atoms with Gasteiger partial charge in [-0.15, -0.1) is 0 Å². The van der Waals surface area contributed by atoms with Crippen molar-refractivity contribution in [1.29, 1.82) is 0 Å². The van der Waals surface area contributed by atoms with Gasteiger partial charge in [0, 0.05) is 5.56 Å². The van der Waals surface area contributed by atoms with Crippen molar-refractivity contribution >= 4 is 11.6 Å². The van der Waals surface area contributed by atoms with E-state index < -0.39 is 5.91 Å². The molecule has 0 fully saturated rings. The molecule has 0 heterocycles. The molecular formula is C16H16N2O2. The predicted octanol–water partition coefficient (Wildman–Crippen LogP) is 2.65. The number of ether oxygens (including phenoxy) is 1. The Morgan fingerprint density at radius 3 is 2.60 bits per heavy atom. The van der Waals surface area contributed by atoms with E-state index in [1.807, 2.05) is 6.07 Å². The molecule has 3 rings (SSSR count). The van der Waals surface area contributed by atoms with Crippen LogP contribution in [-0.4, -0.2) is 5.91 Å². The van der Waals surface area contributed by atoms with E-state index in [0.29, 0.717) is 17.0 Å². The quantitative estimate of drug-likeness (QED) is 0.840. The standard InChI is InChI=1S/C16H16N2O2/c17-14-9-12(16(18)19)5-7-15(14)20-13-6-4-10-2-1-3-11(10)8-13/h4-9H,1-3,17H2,(H2,18,19). The number of hydrogen-bond acceptors (Lipinski definition) is 3. The van der Waals surface area contributed by atoms with E-state index >= 15 is 0 Å². The van der Waals surface area contributed by atoms with Crippen LogP contribution in [0.2, 0.25) is 0 Å². The molecule has 2 aromatic carbocycles. The van der Waals surface area contributed by atoms with Crippen LogP contribution in [0.1, 0.15) is 27.9 Å². The molecule has 4 N–H and O–H groups in total. The molecule has 0 bridgehead atoms. The maximum atomic E-state index is 11.1. The molecule has 1 aliphatic rings. The summed E-state index contributed by atoms with van der Waals surface area (Å²) in [6.07, 6.45) is 3.45. The monoisotopic (exact) mass is 268 g/mol. The summed E-state index contributed by atoms with van der Waals surface area (Å²) in [5, 5.41) is 0. The minimum Gasteiger partial charge on any atom is -0.455 e. The van der Waals surface area contributed by atoms with Gasteiger partial charge in [-0.2, -0.15) is 0 Å². The Balaban J connectivity index is 1.86. The van der Waals surface area contributed by atoms with Crippen LogP contribution in [0, 0.1) is 0 Å². The zero-order chi connectivity index (χ0) is 14.1. The molecule has 0 saturated carbocycles. The van der Waals surface area contributed by atoms with Gasteiger partial charge in [0.1, 0.15) is 11.5 Å². The number of nitrogen functional groups attached to an aromatic ring is 1. The second-order valence-electron chi connectivity index (χ2n) is 5.00. The number of carbonyl (C=O) groups excluding carboxylic acids is 1. The van der Waals surface area contributed by atoms with Crippen molar-refractivity contribution in [3.8, 4) is 11.5 Å². The van der Waals surface area contributed by atoms with E-state index in [2.05, 4.69) is 12.1 Å². The molecule has 4 nitrogen and oxygen atoms in total. The number of anilines is 1. The average molecular weight is 268 g/mol. The van der Waals surface area contributed by atoms with Gasteiger partial charge in [-0.25, -0.2) is 0 Å². The van der Waals surface area contributed by atoms with Gasteiger partial charge in [-0.3, -0.25) is 4.79 Å². The number of benzene rings is 2. The van der Waals surface area contributed by atoms with Crippen molar-refractivity contribution in [2.75, 3.05) is 5.73 Å². The first-order chi connectivity index (χ1) is 9.63. The minimum atomic E-state index is -0.499. The van der Waals surface area contributed by atoms with E-state index in [9.17, 15) is 4.79 Å². The Kier molecular flexibility index (Phi) is 3.06. The van der Waals surface area contributed by atoms with Crippen LogP contribution in [0.3, 0.4) is 0 Å². The van der Waals surface area contributed by atoms with Gasteiger partial charge in [-0.1, -0.05) is 6.07 Å². The van der Waals surface area contributed by atoms with Crippen LogP contribution in [-0.2, 0) is 12.8 Å². The van der Waals surface area contributed by atoms with Gasteiger partial charge >= 0.3 is 0 Å². The number of fused-ring (bicyclic) bond motifs is 1. The van der Waals surface area contributed by atoms with Crippen molar-refractivity contribution < 1.29 is 9.53 Å². The first-order valence-electron chi connectivity index (χ1n) is 6.62. The highest BCUT2D eigenvalue weighted by Gasteiger charge is 2.12. The van der Waals surface area contributed by atoms with Crippen LogP contribution in [0.25, 0.3) is 0 Å². The lowest BCUT2D eigenvalue weighted by Gasteiger charge is -2.10. The summed E-state index contributed by atoms with van der Waals surface area (Å²) < 4.78 is 5.79. The maximum Gasteiger partial charge on any atom is 0.248 e. The fraction of sp³-hybridized carbons (Fsp3) is 0.188. The third-order valence-corrected chi connectivity index (χ3v) is 3.59. The van der Waals surface area contributed by atoms with Gasteiger partial charge < -0.3 is 16.2 Å². The van der Waals surface area contributed by atoms with Crippen LogP contribution < -0.4 is 16.2 Å². The van der Waals surface area contributed by atoms with Gasteiger partial charge in [-0.05, 0) is 60.7 Å². The Morgan fingerprint density at radius 1 is 1.05 bits per heavy atom. The lowest BCUT2D eigenvalue weighted by Crippen LogP contribution is -2.11. The van der Waals surface area contributed by atoms with Gasteiger partial charge in [0.25, 0.3) is 0 Å². The fourth-order valence-electron chi connectivity index (χ4n) is 2.53. The van der Waals surface area contributed by atoms with E-state index in [4.69, 9.17) is 16.2 Å². The van der Waals surface area contributed by atoms with Crippen LogP contribution >= 0.6 is 0 Å². The smallest absolute Gasteiger partial charge is 0.248 e. The van der Waals surface area contributed by atoms with Crippen LogP contribution in [0.4, 0.5) is 5.69 Å². The molecule has 0 saturated heterocycles. The molecule has 20 heavy (non-hydrogen) atoms. The average Bonchev–Trinajstić information content (AvgIpc) is 2.88. The number of amides is 1. The number of hydrogen-bond donors (Lipinski definition) is 2. The van der Waals surface area contributed by atoms with Crippen molar-refractivity contribution in [2.45, 2.75) is 19.3 Å². The molecule has 0 spiro atoms. The Bertz CT molecular complexity index is 680. The van der Waals surface area contributed by atoms with Gasteiger partial charge in [0.2, 0.25) is 5.91 Å². The van der Waals surface area contributed by atoms with Crippen molar-refractivity contribution in [1.82, 2.24) is 0 Å². The minimum absolute atomic E-state index is 0.379. The molecule has 0 radical (unpaired) electrons. The Hall–Kier alpha value is -2.49. The number of nitrogens with two attached hydrogens (primary N) is 2. The molecule has 1 amide bonds. The summed E-state index contributed by atoms with van der Waals surface area (Å²) in [6.45, 7) is 0. The Labute approximate surface area is 117 Å². The van der Waals surface area contributed by atoms with Crippen LogP contribution in [0.15, 0.2) is 36.4 Å². The normalized spacial score (nSPS) is 13.0. The van der Waals surface area contributed by atoms with Crippen molar-refractivity contribution in [2.24, 2.45) is 5.73 Å². The second kappa shape index (κ2) is 4.89. The third-order valence-electron chi connectivity index (χ3n) is 3.59. The van der Waals surface area contributed by atoms with E-state index in [0.717, 1.165) is 18.6 Å². The molecule has 2 aromatic rings. The molecule has 4 heteroatoms. The maximum absolute atomic E-state index is 11.1. The Morgan fingerprint density at radius 2 is 1.85 bits per heavy atom. The highest BCUT2D eigenvalue weighted by molar-refractivity contribution is 5.94. The largest absolute Gasteiger partial charge is 0.455 e. The number of aryl methyl sites for hydroxylation is 2. The molecule has 1 aliphatic carbocycles. The highest BCUT2D eigenvalue weighted by atomic mass is 16.5. The summed E-state index contributed by atoms with van der Waals surface area (Å²) in [4.78, 5) is 11.1. The predicted molar refractivity (Wildman–Crippen MR) is 77.9 cm³/mol. The van der Waals surface area contributed by atoms with Crippen LogP contribution in [0.5, 0.6) is 11.5 Å². The van der Waals surface area contributed by atoms with Gasteiger partial charge in [0.05, 0.1) is 5.69 Å². The first-order valence-corrected chi connectivity index (χ1v) is 6.62. The number of rotatable bonds is 3. The zero-order valence-electron chi connectivity index (χ0n) is 11.1. The molecular weight excluding hydrogens is 252 g/mol. The summed E-state index contributed by atoms with van der Waals surface area (Å²) in [7, 11) is 0. The topological polar surface area (TPSA) is 78.3 Å². The lowest BCUT2D eigenvalue weighted by atomic mass is 10.1. The van der Waals surface area contributed by atoms with E-state index in [-0.39, 0.29) is 0 Å². The second-order valence-corrected chi connectivity index (χ2v) is 5.00. The number of primary amides is 1. The lowest BCUT2D eigenvalue weighted by molar-refractivity contribution is 0.100. The molecule has 0 unspecified atom stereocenters. The fourth-order valence-corrected chi connectivity index (χ4v) is 2.53. The summed E-state index contributed by atoms with van der Waals surface area (Å²) >= 11 is 0. The summed E-state index contributed by atoms with van der Waals surface area (Å²) in [5.41, 5.74) is 14.6. The van der Waals surface area contributed by atoms with E-state index in [1.165, 1.54) is 23.6 Å². The third kappa shape index (κ3) is 2.32. The zero-order valence-corrected chi connectivity index (χ0v) is 11.1. The SMILES string of the molecule is NC(=O)c1ccc(Oc2ccc3c(c2)CCC3)c(N)c1. The molecule has 102 valence electrons. The van der Waals surface area contributed by atoms with Gasteiger partial charge in [0.15, 0.2) is 0 Å². The number of carbonyl (C=O) groups is 1. The molecule has 0 atom stereocenters. The first kappa shape index (κ1) is 12.5. The highest BCUT2D eigenvalue weighted by Crippen LogP contribution is 2.31. The molecule has 0 aromatic heterocycles. The summed E-state index contributed by atoms with van der Waals surface area (Å²) in [6, 6.07) is 10.9.